The number of nitrogens with zero attached hydrogens (tertiary/aromatic N) is 5. The minimum atomic E-state index is -0.323. The Hall–Kier alpha value is -2.70. The van der Waals surface area contributed by atoms with Crippen LogP contribution in [0.4, 0.5) is 10.1 Å². The Labute approximate surface area is 137 Å². The molecule has 122 valence electrons. The fourth-order valence-corrected chi connectivity index (χ4v) is 3.07. The maximum absolute atomic E-state index is 13.7. The van der Waals surface area contributed by atoms with Crippen LogP contribution in [0.15, 0.2) is 36.7 Å². The van der Waals surface area contributed by atoms with Crippen LogP contribution in [-0.4, -0.2) is 39.0 Å². The highest BCUT2D eigenvalue weighted by Gasteiger charge is 2.33. The lowest BCUT2D eigenvalue weighted by atomic mass is 10.1. The molecule has 0 bridgehead atoms. The molecule has 1 saturated heterocycles. The maximum Gasteiger partial charge on any atom is 0.200 e. The van der Waals surface area contributed by atoms with Crippen molar-refractivity contribution < 1.29 is 9.13 Å². The Morgan fingerprint density at radius 2 is 2.00 bits per heavy atom. The molecule has 3 aromatic rings. The molecule has 1 aromatic carbocycles. The third-order valence-corrected chi connectivity index (χ3v) is 4.58. The summed E-state index contributed by atoms with van der Waals surface area (Å²) in [4.78, 5) is 2.18. The Balaban J connectivity index is 1.36. The standard InChI is InChI=1S/C17H16FN5O/c18-13-3-1-2-4-16(13)24-12-8-22(9-12)15-7-14(11-5-6-11)21-23-10-19-20-17(15)23/h1-4,7,10-12H,5-6,8-9H2. The smallest absolute Gasteiger partial charge is 0.200 e. The van der Waals surface area contributed by atoms with E-state index in [0.717, 1.165) is 17.0 Å². The van der Waals surface area contributed by atoms with E-state index in [9.17, 15) is 4.39 Å². The van der Waals surface area contributed by atoms with Gasteiger partial charge >= 0.3 is 0 Å². The van der Waals surface area contributed by atoms with Gasteiger partial charge in [-0.2, -0.15) is 9.61 Å². The molecule has 0 atom stereocenters. The molecular formula is C17H16FN5O. The van der Waals surface area contributed by atoms with Gasteiger partial charge in [0.05, 0.1) is 24.5 Å². The van der Waals surface area contributed by atoms with Crippen molar-refractivity contribution in [3.8, 4) is 5.75 Å². The van der Waals surface area contributed by atoms with Crippen molar-refractivity contribution in [3.05, 3.63) is 48.2 Å². The molecule has 0 radical (unpaired) electrons. The van der Waals surface area contributed by atoms with Gasteiger partial charge in [0.25, 0.3) is 0 Å². The summed E-state index contributed by atoms with van der Waals surface area (Å²) in [6.45, 7) is 1.40. The van der Waals surface area contributed by atoms with E-state index in [-0.39, 0.29) is 11.9 Å². The van der Waals surface area contributed by atoms with Crippen molar-refractivity contribution in [2.24, 2.45) is 0 Å². The maximum atomic E-state index is 13.7. The summed E-state index contributed by atoms with van der Waals surface area (Å²) in [7, 11) is 0. The molecule has 6 nitrogen and oxygen atoms in total. The number of aromatic nitrogens is 4. The largest absolute Gasteiger partial charge is 0.484 e. The van der Waals surface area contributed by atoms with Gasteiger partial charge in [0.2, 0.25) is 5.65 Å². The quantitative estimate of drug-likeness (QED) is 0.737. The number of benzene rings is 1. The van der Waals surface area contributed by atoms with Crippen molar-refractivity contribution >= 4 is 11.3 Å². The fourth-order valence-electron chi connectivity index (χ4n) is 3.07. The molecule has 2 fully saturated rings. The fraction of sp³-hybridized carbons (Fsp3) is 0.353. The molecule has 1 aliphatic heterocycles. The summed E-state index contributed by atoms with van der Waals surface area (Å²) in [6, 6.07) is 8.62. The number of halogens is 1. The van der Waals surface area contributed by atoms with Crippen LogP contribution in [0.25, 0.3) is 5.65 Å². The predicted octanol–water partition coefficient (Wildman–Crippen LogP) is 2.41. The minimum Gasteiger partial charge on any atom is -0.484 e. The Morgan fingerprint density at radius 3 is 2.79 bits per heavy atom. The van der Waals surface area contributed by atoms with Crippen LogP contribution in [0, 0.1) is 5.82 Å². The topological polar surface area (TPSA) is 55.5 Å². The van der Waals surface area contributed by atoms with Crippen molar-refractivity contribution in [3.63, 3.8) is 0 Å². The molecular weight excluding hydrogens is 309 g/mol. The molecule has 0 N–H and O–H groups in total. The zero-order valence-corrected chi connectivity index (χ0v) is 13.0. The van der Waals surface area contributed by atoms with Crippen molar-refractivity contribution in [2.45, 2.75) is 24.9 Å². The van der Waals surface area contributed by atoms with Crippen molar-refractivity contribution in [1.82, 2.24) is 19.8 Å². The number of hydrogen-bond acceptors (Lipinski definition) is 5. The van der Waals surface area contributed by atoms with Crippen LogP contribution < -0.4 is 9.64 Å². The van der Waals surface area contributed by atoms with Crippen LogP contribution in [0.2, 0.25) is 0 Å². The van der Waals surface area contributed by atoms with E-state index < -0.39 is 0 Å². The Bertz CT molecular complexity index is 901. The van der Waals surface area contributed by atoms with Crippen LogP contribution in [0.5, 0.6) is 5.75 Å². The number of para-hydroxylation sites is 1. The number of anilines is 1. The van der Waals surface area contributed by atoms with E-state index in [1.807, 2.05) is 0 Å². The lowest BCUT2D eigenvalue weighted by Crippen LogP contribution is -2.54. The first-order chi connectivity index (χ1) is 11.8. The van der Waals surface area contributed by atoms with Gasteiger partial charge in [-0.05, 0) is 31.0 Å². The minimum absolute atomic E-state index is 0.0255. The molecule has 0 unspecified atom stereocenters. The predicted molar refractivity (Wildman–Crippen MR) is 85.8 cm³/mol. The van der Waals surface area contributed by atoms with Crippen molar-refractivity contribution in [1.29, 1.82) is 0 Å². The van der Waals surface area contributed by atoms with E-state index in [2.05, 4.69) is 26.3 Å². The monoisotopic (exact) mass is 325 g/mol. The summed E-state index contributed by atoms with van der Waals surface area (Å²) >= 11 is 0. The van der Waals surface area contributed by atoms with Gasteiger partial charge in [-0.1, -0.05) is 12.1 Å². The van der Waals surface area contributed by atoms with E-state index in [0.29, 0.717) is 24.8 Å². The zero-order valence-electron chi connectivity index (χ0n) is 13.0. The second-order valence-corrected chi connectivity index (χ2v) is 6.40. The van der Waals surface area contributed by atoms with Crippen LogP contribution in [0.3, 0.4) is 0 Å². The van der Waals surface area contributed by atoms with Crippen LogP contribution in [0.1, 0.15) is 24.5 Å². The number of hydrogen-bond donors (Lipinski definition) is 0. The van der Waals surface area contributed by atoms with Gasteiger partial charge < -0.3 is 9.64 Å². The second kappa shape index (κ2) is 5.15. The molecule has 2 aromatic heterocycles. The van der Waals surface area contributed by atoms with Gasteiger partial charge in [0.15, 0.2) is 11.6 Å². The van der Waals surface area contributed by atoms with E-state index >= 15 is 0 Å². The van der Waals surface area contributed by atoms with Gasteiger partial charge in [0, 0.05) is 5.92 Å². The number of rotatable bonds is 4. The third-order valence-electron chi connectivity index (χ3n) is 4.58. The lowest BCUT2D eigenvalue weighted by Gasteiger charge is -2.40. The van der Waals surface area contributed by atoms with Crippen LogP contribution >= 0.6 is 0 Å². The summed E-state index contributed by atoms with van der Waals surface area (Å²) in [5.74, 6) is 0.543. The first-order valence-electron chi connectivity index (χ1n) is 8.15. The highest BCUT2D eigenvalue weighted by molar-refractivity contribution is 5.70. The molecule has 2 aliphatic rings. The van der Waals surface area contributed by atoms with Gasteiger partial charge in [-0.15, -0.1) is 10.2 Å². The first kappa shape index (κ1) is 13.7. The molecule has 0 amide bonds. The number of ether oxygens (including phenoxy) is 1. The molecule has 7 heteroatoms. The second-order valence-electron chi connectivity index (χ2n) is 6.40. The third kappa shape index (κ3) is 2.28. The SMILES string of the molecule is Fc1ccccc1OC1CN(c2cc(C3CC3)nn3cnnc23)C1. The zero-order chi connectivity index (χ0) is 16.1. The molecule has 1 saturated carbocycles. The van der Waals surface area contributed by atoms with Crippen molar-refractivity contribution in [2.75, 3.05) is 18.0 Å². The first-order valence-corrected chi connectivity index (χ1v) is 8.15. The summed E-state index contributed by atoms with van der Waals surface area (Å²) in [5.41, 5.74) is 2.87. The molecule has 5 rings (SSSR count). The molecule has 1 aliphatic carbocycles. The lowest BCUT2D eigenvalue weighted by molar-refractivity contribution is 0.160. The normalized spacial score (nSPS) is 18.0. The number of fused-ring (bicyclic) bond motifs is 1. The average Bonchev–Trinajstić information content (AvgIpc) is 3.29. The average molecular weight is 325 g/mol. The highest BCUT2D eigenvalue weighted by Crippen LogP contribution is 2.41. The van der Waals surface area contributed by atoms with E-state index in [1.165, 1.54) is 18.9 Å². The van der Waals surface area contributed by atoms with Gasteiger partial charge in [0.1, 0.15) is 12.4 Å². The summed E-state index contributed by atoms with van der Waals surface area (Å²) in [6.07, 6.45) is 4.00. The van der Waals surface area contributed by atoms with Crippen LogP contribution in [-0.2, 0) is 0 Å². The van der Waals surface area contributed by atoms with Gasteiger partial charge in [-0.3, -0.25) is 0 Å². The molecule has 3 heterocycles. The molecule has 0 spiro atoms. The van der Waals surface area contributed by atoms with Gasteiger partial charge in [-0.25, -0.2) is 4.39 Å². The summed E-state index contributed by atoms with van der Waals surface area (Å²) < 4.78 is 21.2. The summed E-state index contributed by atoms with van der Waals surface area (Å²) in [5, 5.41) is 12.7. The van der Waals surface area contributed by atoms with E-state index in [4.69, 9.17) is 4.74 Å². The Kier molecular flexibility index (Phi) is 2.95. The van der Waals surface area contributed by atoms with E-state index in [1.54, 1.807) is 29.0 Å². The molecule has 24 heavy (non-hydrogen) atoms. The highest BCUT2D eigenvalue weighted by atomic mass is 19.1. The Morgan fingerprint density at radius 1 is 1.17 bits per heavy atom.